The molecule has 0 saturated carbocycles. The summed E-state index contributed by atoms with van der Waals surface area (Å²) in [6, 6.07) is 22.3. The highest BCUT2D eigenvalue weighted by Gasteiger charge is 2.16. The van der Waals surface area contributed by atoms with Crippen molar-refractivity contribution in [3.05, 3.63) is 84.7 Å². The third kappa shape index (κ3) is 3.48. The molecule has 4 rings (SSSR count). The van der Waals surface area contributed by atoms with Crippen LogP contribution in [0.2, 0.25) is 0 Å². The number of pyridine rings is 1. The number of aromatic nitrogens is 3. The Labute approximate surface area is 157 Å². The number of hydrogen-bond acceptors (Lipinski definition) is 4. The monoisotopic (exact) mass is 358 g/mol. The Kier molecular flexibility index (Phi) is 4.71. The normalized spacial score (nSPS) is 10.7. The lowest BCUT2D eigenvalue weighted by molar-refractivity contribution is 1.05. The number of aromatic amines is 1. The molecule has 2 heterocycles. The number of nitrogens with zero attached hydrogens (tertiary/aromatic N) is 2. The molecule has 0 atom stereocenters. The molecule has 0 aliphatic heterocycles. The molecule has 4 nitrogen and oxygen atoms in total. The Bertz CT molecular complexity index is 980. The fourth-order valence-corrected chi connectivity index (χ4v) is 3.04. The van der Waals surface area contributed by atoms with E-state index in [1.807, 2.05) is 54.6 Å². The topological polar surface area (TPSA) is 53.6 Å². The first kappa shape index (κ1) is 16.4. The number of benzene rings is 2. The van der Waals surface area contributed by atoms with E-state index in [1.54, 1.807) is 12.4 Å². The maximum atomic E-state index is 4.53. The van der Waals surface area contributed by atoms with Crippen molar-refractivity contribution < 1.29 is 0 Å². The highest BCUT2D eigenvalue weighted by molar-refractivity contribution is 7.80. The molecule has 0 radical (unpaired) electrons. The summed E-state index contributed by atoms with van der Waals surface area (Å²) < 4.78 is 0. The molecule has 2 aromatic heterocycles. The number of hydrogen-bond donors (Lipinski definition) is 3. The number of H-pyrrole nitrogens is 1. The van der Waals surface area contributed by atoms with Gasteiger partial charge in [-0.25, -0.2) is 0 Å². The lowest BCUT2D eigenvalue weighted by Crippen LogP contribution is -2.00. The molecule has 0 fully saturated rings. The fraction of sp³-hybridized carbons (Fsp3) is 0.0476. The highest BCUT2D eigenvalue weighted by Crippen LogP contribution is 2.36. The molecule has 26 heavy (non-hydrogen) atoms. The highest BCUT2D eigenvalue weighted by atomic mass is 32.1. The molecule has 2 aromatic carbocycles. The van der Waals surface area contributed by atoms with Crippen molar-refractivity contribution in [3.63, 3.8) is 0 Å². The average molecular weight is 358 g/mol. The summed E-state index contributed by atoms with van der Waals surface area (Å²) in [5, 5.41) is 11.2. The summed E-state index contributed by atoms with van der Waals surface area (Å²) in [5.74, 6) is 0.824. The van der Waals surface area contributed by atoms with Gasteiger partial charge in [0.25, 0.3) is 0 Å². The van der Waals surface area contributed by atoms with Crippen molar-refractivity contribution in [3.8, 4) is 22.4 Å². The maximum Gasteiger partial charge on any atom is 0.156 e. The van der Waals surface area contributed by atoms with Crippen LogP contribution in [0.4, 0.5) is 5.82 Å². The molecule has 4 aromatic rings. The predicted octanol–water partition coefficient (Wildman–Crippen LogP) is 5.04. The van der Waals surface area contributed by atoms with Crippen molar-refractivity contribution in [2.24, 2.45) is 0 Å². The Balaban J connectivity index is 1.73. The van der Waals surface area contributed by atoms with Crippen molar-refractivity contribution in [1.29, 1.82) is 0 Å². The van der Waals surface area contributed by atoms with Crippen molar-refractivity contribution in [2.45, 2.75) is 11.4 Å². The maximum absolute atomic E-state index is 4.53. The lowest BCUT2D eigenvalue weighted by atomic mass is 10.0. The second-order valence-corrected chi connectivity index (χ2v) is 6.46. The molecule has 0 aliphatic carbocycles. The molecular formula is C21H18N4S. The van der Waals surface area contributed by atoms with Gasteiger partial charge in [-0.3, -0.25) is 10.1 Å². The van der Waals surface area contributed by atoms with Crippen LogP contribution in [-0.4, -0.2) is 15.2 Å². The fourth-order valence-electron chi connectivity index (χ4n) is 2.89. The molecule has 128 valence electrons. The van der Waals surface area contributed by atoms with Crippen LogP contribution in [0.25, 0.3) is 22.4 Å². The summed E-state index contributed by atoms with van der Waals surface area (Å²) in [6.45, 7) is 0.707. The second kappa shape index (κ2) is 7.45. The quantitative estimate of drug-likeness (QED) is 0.438. The summed E-state index contributed by atoms with van der Waals surface area (Å²) in [7, 11) is 0. The van der Waals surface area contributed by atoms with Crippen LogP contribution in [-0.2, 0) is 6.54 Å². The van der Waals surface area contributed by atoms with Crippen molar-refractivity contribution >= 4 is 18.4 Å². The minimum absolute atomic E-state index is 0.707. The van der Waals surface area contributed by atoms with Crippen LogP contribution in [0.5, 0.6) is 0 Å². The summed E-state index contributed by atoms with van der Waals surface area (Å²) in [5.41, 5.74) is 5.34. The van der Waals surface area contributed by atoms with E-state index < -0.39 is 0 Å². The van der Waals surface area contributed by atoms with E-state index in [0.29, 0.717) is 6.54 Å². The lowest BCUT2D eigenvalue weighted by Gasteiger charge is -2.09. The number of anilines is 1. The molecule has 0 amide bonds. The summed E-state index contributed by atoms with van der Waals surface area (Å²) in [6.07, 6.45) is 3.59. The van der Waals surface area contributed by atoms with E-state index >= 15 is 0 Å². The van der Waals surface area contributed by atoms with Crippen LogP contribution in [0.15, 0.2) is 84.0 Å². The molecule has 0 aliphatic rings. The molecule has 0 unspecified atom stereocenters. The second-order valence-electron chi connectivity index (χ2n) is 5.94. The van der Waals surface area contributed by atoms with Gasteiger partial charge >= 0.3 is 0 Å². The largest absolute Gasteiger partial charge is 0.364 e. The third-order valence-corrected chi connectivity index (χ3v) is 4.49. The van der Waals surface area contributed by atoms with Gasteiger partial charge in [0.05, 0.1) is 11.3 Å². The van der Waals surface area contributed by atoms with E-state index in [1.165, 1.54) is 5.56 Å². The molecule has 0 saturated heterocycles. The van der Waals surface area contributed by atoms with Crippen molar-refractivity contribution in [2.75, 3.05) is 5.32 Å². The first-order valence-corrected chi connectivity index (χ1v) is 8.82. The van der Waals surface area contributed by atoms with Gasteiger partial charge in [-0.1, -0.05) is 42.5 Å². The van der Waals surface area contributed by atoms with Crippen molar-refractivity contribution in [1.82, 2.24) is 15.2 Å². The van der Waals surface area contributed by atoms with Gasteiger partial charge in [0, 0.05) is 29.4 Å². The van der Waals surface area contributed by atoms with E-state index in [4.69, 9.17) is 0 Å². The average Bonchev–Trinajstić information content (AvgIpc) is 3.12. The van der Waals surface area contributed by atoms with Gasteiger partial charge < -0.3 is 5.32 Å². The summed E-state index contributed by atoms with van der Waals surface area (Å²) >= 11 is 4.37. The first-order chi connectivity index (χ1) is 12.8. The van der Waals surface area contributed by atoms with Crippen LogP contribution in [0, 0.1) is 0 Å². The molecule has 0 spiro atoms. The number of rotatable bonds is 5. The van der Waals surface area contributed by atoms with Gasteiger partial charge in [-0.2, -0.15) is 5.10 Å². The molecule has 2 N–H and O–H groups in total. The van der Waals surface area contributed by atoms with E-state index in [0.717, 1.165) is 33.1 Å². The SMILES string of the molecule is Sc1ccc(-c2[nH]nc(NCc3ccccc3)c2-c2ccncc2)cc1. The number of nitrogens with one attached hydrogen (secondary N) is 2. The van der Waals surface area contributed by atoms with E-state index in [9.17, 15) is 0 Å². The van der Waals surface area contributed by atoms with Crippen LogP contribution in [0.1, 0.15) is 5.56 Å². The molecule has 5 heteroatoms. The molecular weight excluding hydrogens is 340 g/mol. The van der Waals surface area contributed by atoms with Gasteiger partial charge in [0.1, 0.15) is 0 Å². The zero-order valence-electron chi connectivity index (χ0n) is 14.1. The van der Waals surface area contributed by atoms with E-state index in [2.05, 4.69) is 45.3 Å². The number of thiol groups is 1. The summed E-state index contributed by atoms with van der Waals surface area (Å²) in [4.78, 5) is 5.06. The Morgan fingerprint density at radius 2 is 1.58 bits per heavy atom. The zero-order chi connectivity index (χ0) is 17.8. The van der Waals surface area contributed by atoms with Gasteiger partial charge in [0.15, 0.2) is 5.82 Å². The predicted molar refractivity (Wildman–Crippen MR) is 108 cm³/mol. The van der Waals surface area contributed by atoms with Gasteiger partial charge in [-0.15, -0.1) is 12.6 Å². The van der Waals surface area contributed by atoms with Gasteiger partial charge in [-0.05, 0) is 35.4 Å². The van der Waals surface area contributed by atoms with Crippen LogP contribution in [0.3, 0.4) is 0 Å². The minimum Gasteiger partial charge on any atom is -0.364 e. The minimum atomic E-state index is 0.707. The zero-order valence-corrected chi connectivity index (χ0v) is 14.9. The van der Waals surface area contributed by atoms with E-state index in [-0.39, 0.29) is 0 Å². The Hall–Kier alpha value is -3.05. The van der Waals surface area contributed by atoms with Gasteiger partial charge in [0.2, 0.25) is 0 Å². The smallest absolute Gasteiger partial charge is 0.156 e. The van der Waals surface area contributed by atoms with Crippen LogP contribution < -0.4 is 5.32 Å². The standard InChI is InChI=1S/C21H18N4S/c26-18-8-6-17(7-9-18)20-19(16-10-12-22-13-11-16)21(25-24-20)23-14-15-4-2-1-3-5-15/h1-13,26H,14H2,(H2,23,24,25). The first-order valence-electron chi connectivity index (χ1n) is 8.37. The Morgan fingerprint density at radius 3 is 2.31 bits per heavy atom. The Morgan fingerprint density at radius 1 is 0.846 bits per heavy atom. The molecule has 0 bridgehead atoms. The van der Waals surface area contributed by atoms with Crippen LogP contribution >= 0.6 is 12.6 Å². The third-order valence-electron chi connectivity index (χ3n) is 4.19.